The van der Waals surface area contributed by atoms with E-state index in [1.165, 1.54) is 18.4 Å². The van der Waals surface area contributed by atoms with Gasteiger partial charge in [0, 0.05) is 11.5 Å². The van der Waals surface area contributed by atoms with Crippen LogP contribution in [-0.4, -0.2) is 12.7 Å². The van der Waals surface area contributed by atoms with Crippen LogP contribution in [-0.2, 0) is 4.74 Å². The first-order valence-electron chi connectivity index (χ1n) is 10.8. The minimum Gasteiger partial charge on any atom is -0.378 e. The molecule has 0 spiro atoms. The van der Waals surface area contributed by atoms with Gasteiger partial charge in [-0.05, 0) is 54.0 Å². The van der Waals surface area contributed by atoms with Crippen molar-refractivity contribution >= 4 is 0 Å². The van der Waals surface area contributed by atoms with Gasteiger partial charge in [0.1, 0.15) is 0 Å². The molecule has 0 aromatic heterocycles. The van der Waals surface area contributed by atoms with Crippen LogP contribution >= 0.6 is 0 Å². The number of ether oxygens (including phenoxy) is 1. The van der Waals surface area contributed by atoms with Crippen molar-refractivity contribution in [3.05, 3.63) is 83.4 Å². The fourth-order valence-electron chi connectivity index (χ4n) is 4.28. The normalized spacial score (nSPS) is 19.1. The molecule has 1 heterocycles. The van der Waals surface area contributed by atoms with Crippen molar-refractivity contribution in [2.75, 3.05) is 6.61 Å². The minimum absolute atomic E-state index is 0.290. The van der Waals surface area contributed by atoms with E-state index in [-0.39, 0.29) is 0 Å². The molecule has 3 aromatic rings. The second-order valence-electron chi connectivity index (χ2n) is 8.28. The van der Waals surface area contributed by atoms with Crippen LogP contribution in [0, 0.1) is 18.6 Å². The van der Waals surface area contributed by atoms with Crippen molar-refractivity contribution in [2.24, 2.45) is 0 Å². The molecule has 0 aliphatic carbocycles. The lowest BCUT2D eigenvalue weighted by Crippen LogP contribution is -2.24. The molecule has 0 bridgehead atoms. The zero-order valence-corrected chi connectivity index (χ0v) is 17.6. The number of benzene rings is 3. The molecule has 1 saturated heterocycles. The predicted octanol–water partition coefficient (Wildman–Crippen LogP) is 7.67. The molecule has 3 heteroatoms. The number of aryl methyl sites for hydroxylation is 1. The van der Waals surface area contributed by atoms with Crippen LogP contribution in [0.4, 0.5) is 8.78 Å². The van der Waals surface area contributed by atoms with Gasteiger partial charge in [-0.2, -0.15) is 0 Å². The van der Waals surface area contributed by atoms with Crippen molar-refractivity contribution < 1.29 is 13.5 Å². The Morgan fingerprint density at radius 3 is 2.03 bits per heavy atom. The Morgan fingerprint density at radius 1 is 0.800 bits per heavy atom. The highest BCUT2D eigenvalue weighted by atomic mass is 19.2. The predicted molar refractivity (Wildman–Crippen MR) is 119 cm³/mol. The molecule has 1 aliphatic heterocycles. The van der Waals surface area contributed by atoms with E-state index < -0.39 is 11.6 Å². The van der Waals surface area contributed by atoms with Gasteiger partial charge in [-0.3, -0.25) is 0 Å². The monoisotopic (exact) mass is 406 g/mol. The molecule has 0 saturated carbocycles. The summed E-state index contributed by atoms with van der Waals surface area (Å²) in [6.07, 6.45) is 5.07. The lowest BCUT2D eigenvalue weighted by molar-refractivity contribution is -0.00111. The number of hydrogen-bond acceptors (Lipinski definition) is 1. The van der Waals surface area contributed by atoms with Gasteiger partial charge in [-0.1, -0.05) is 74.0 Å². The van der Waals surface area contributed by atoms with Crippen molar-refractivity contribution in [1.29, 1.82) is 0 Å². The molecule has 2 atom stereocenters. The Morgan fingerprint density at radius 2 is 1.43 bits per heavy atom. The first-order valence-corrected chi connectivity index (χ1v) is 10.8. The first-order chi connectivity index (χ1) is 14.6. The molecule has 0 N–H and O–H groups in total. The lowest BCUT2D eigenvalue weighted by atomic mass is 9.89. The van der Waals surface area contributed by atoms with Gasteiger partial charge < -0.3 is 4.74 Å². The molecule has 3 aromatic carbocycles. The van der Waals surface area contributed by atoms with Gasteiger partial charge in [-0.15, -0.1) is 0 Å². The Bertz CT molecular complexity index is 985. The lowest BCUT2D eigenvalue weighted by Gasteiger charge is -2.29. The molecule has 0 amide bonds. The van der Waals surface area contributed by atoms with Crippen molar-refractivity contribution in [3.8, 4) is 22.3 Å². The average Bonchev–Trinajstić information content (AvgIpc) is 2.79. The summed E-state index contributed by atoms with van der Waals surface area (Å²) < 4.78 is 34.2. The van der Waals surface area contributed by atoms with Gasteiger partial charge in [-0.25, -0.2) is 8.78 Å². The Labute approximate surface area is 177 Å². The van der Waals surface area contributed by atoms with Crippen LogP contribution in [0.25, 0.3) is 22.3 Å². The largest absolute Gasteiger partial charge is 0.378 e. The third-order valence-electron chi connectivity index (χ3n) is 6.17. The molecular formula is C27H28F2O. The summed E-state index contributed by atoms with van der Waals surface area (Å²) in [5.74, 6) is -1.10. The summed E-state index contributed by atoms with van der Waals surface area (Å²) in [5.41, 5.74) is 4.77. The van der Waals surface area contributed by atoms with E-state index in [9.17, 15) is 8.78 Å². The summed E-state index contributed by atoms with van der Waals surface area (Å²) in [7, 11) is 0. The maximum atomic E-state index is 14.3. The van der Waals surface area contributed by atoms with Gasteiger partial charge in [0.25, 0.3) is 0 Å². The zero-order valence-electron chi connectivity index (χ0n) is 17.6. The smallest absolute Gasteiger partial charge is 0.166 e. The third-order valence-corrected chi connectivity index (χ3v) is 6.17. The fourth-order valence-corrected chi connectivity index (χ4v) is 4.28. The third kappa shape index (κ3) is 4.32. The number of hydrogen-bond donors (Lipinski definition) is 0. The number of halogens is 2. The Balaban J connectivity index is 1.47. The summed E-state index contributed by atoms with van der Waals surface area (Å²) in [6.45, 7) is 4.57. The molecule has 2 unspecified atom stereocenters. The molecule has 4 rings (SSSR count). The zero-order chi connectivity index (χ0) is 21.1. The van der Waals surface area contributed by atoms with E-state index in [0.29, 0.717) is 28.7 Å². The van der Waals surface area contributed by atoms with E-state index in [4.69, 9.17) is 4.74 Å². The SMILES string of the molecule is CCCC1CCC(c2ccc(-c3ccc(-c4ccc(C)c(F)c4F)cc3)cc2)CO1. The molecule has 1 fully saturated rings. The van der Waals surface area contributed by atoms with E-state index >= 15 is 0 Å². The minimum atomic E-state index is -0.789. The van der Waals surface area contributed by atoms with E-state index in [1.54, 1.807) is 19.1 Å². The van der Waals surface area contributed by atoms with Crippen molar-refractivity contribution in [2.45, 2.75) is 51.6 Å². The standard InChI is InChI=1S/C27H28F2O/c1-3-4-24-15-14-23(17-30-24)21-8-6-19(7-9-21)20-10-12-22(13-11-20)25-16-5-18(2)26(28)27(25)29/h5-13,16,23-24H,3-4,14-15,17H2,1-2H3. The quantitative estimate of drug-likeness (QED) is 0.422. The molecule has 30 heavy (non-hydrogen) atoms. The molecule has 1 nitrogen and oxygen atoms in total. The van der Waals surface area contributed by atoms with Crippen molar-refractivity contribution in [1.82, 2.24) is 0 Å². The topological polar surface area (TPSA) is 9.23 Å². The van der Waals surface area contributed by atoms with Gasteiger partial charge >= 0.3 is 0 Å². The van der Waals surface area contributed by atoms with Crippen LogP contribution in [0.2, 0.25) is 0 Å². The second-order valence-corrected chi connectivity index (χ2v) is 8.28. The van der Waals surface area contributed by atoms with Crippen LogP contribution in [0.3, 0.4) is 0 Å². The van der Waals surface area contributed by atoms with Gasteiger partial charge in [0.2, 0.25) is 0 Å². The highest BCUT2D eigenvalue weighted by Crippen LogP contribution is 2.32. The Kier molecular flexibility index (Phi) is 6.29. The molecule has 0 radical (unpaired) electrons. The maximum Gasteiger partial charge on any atom is 0.166 e. The van der Waals surface area contributed by atoms with Crippen LogP contribution in [0.1, 0.15) is 49.7 Å². The molecular weight excluding hydrogens is 378 g/mol. The van der Waals surface area contributed by atoms with Gasteiger partial charge in [0.15, 0.2) is 11.6 Å². The second kappa shape index (κ2) is 9.09. The summed E-state index contributed by atoms with van der Waals surface area (Å²) in [4.78, 5) is 0. The van der Waals surface area contributed by atoms with Crippen molar-refractivity contribution in [3.63, 3.8) is 0 Å². The van der Waals surface area contributed by atoms with E-state index in [2.05, 4.69) is 31.2 Å². The summed E-state index contributed by atoms with van der Waals surface area (Å²) in [5, 5.41) is 0. The highest BCUT2D eigenvalue weighted by Gasteiger charge is 2.22. The maximum absolute atomic E-state index is 14.3. The van der Waals surface area contributed by atoms with Crippen LogP contribution in [0.5, 0.6) is 0 Å². The van der Waals surface area contributed by atoms with Crippen LogP contribution in [0.15, 0.2) is 60.7 Å². The van der Waals surface area contributed by atoms with E-state index in [0.717, 1.165) is 30.6 Å². The first kappa shape index (κ1) is 20.7. The summed E-state index contributed by atoms with van der Waals surface area (Å²) in [6, 6.07) is 19.5. The number of rotatable bonds is 5. The average molecular weight is 407 g/mol. The van der Waals surface area contributed by atoms with E-state index in [1.807, 2.05) is 24.3 Å². The van der Waals surface area contributed by atoms with Gasteiger partial charge in [0.05, 0.1) is 12.7 Å². The fraction of sp³-hybridized carbons (Fsp3) is 0.333. The Hall–Kier alpha value is -2.52. The summed E-state index contributed by atoms with van der Waals surface area (Å²) >= 11 is 0. The van der Waals surface area contributed by atoms with Crippen LogP contribution < -0.4 is 0 Å². The molecule has 1 aliphatic rings. The molecule has 156 valence electrons. The highest BCUT2D eigenvalue weighted by molar-refractivity contribution is 5.71.